The maximum Gasteiger partial charge on any atom is 0.310 e. The van der Waals surface area contributed by atoms with E-state index in [-0.39, 0.29) is 46.7 Å². The molecule has 5 aromatic rings. The predicted molar refractivity (Wildman–Crippen MR) is 211 cm³/mol. The molecule has 16 heteroatoms. The molecule has 4 N–H and O–H groups in total. The van der Waals surface area contributed by atoms with E-state index < -0.39 is 47.4 Å². The van der Waals surface area contributed by atoms with Crippen molar-refractivity contribution >= 4 is 52.1 Å². The van der Waals surface area contributed by atoms with Crippen LogP contribution in [0.2, 0.25) is 0 Å². The second-order valence-corrected chi connectivity index (χ2v) is 12.1. The van der Waals surface area contributed by atoms with Crippen molar-refractivity contribution < 1.29 is 47.8 Å². The Hall–Kier alpha value is -7.62. The van der Waals surface area contributed by atoms with Crippen molar-refractivity contribution in [3.05, 3.63) is 131 Å². The van der Waals surface area contributed by atoms with Crippen molar-refractivity contribution in [2.24, 2.45) is 0 Å². The zero-order chi connectivity index (χ0) is 40.7. The minimum absolute atomic E-state index is 0.0647. The normalized spacial score (nSPS) is 11.5. The van der Waals surface area contributed by atoms with E-state index in [1.54, 1.807) is 103 Å². The summed E-state index contributed by atoms with van der Waals surface area (Å²) in [6.07, 6.45) is -2.16. The number of amides is 4. The van der Waals surface area contributed by atoms with Crippen LogP contribution in [0.5, 0.6) is 28.7 Å². The molecule has 5 aromatic carbocycles. The van der Waals surface area contributed by atoms with Crippen LogP contribution in [-0.4, -0.2) is 61.1 Å². The van der Waals surface area contributed by atoms with Crippen LogP contribution in [0.1, 0.15) is 13.8 Å². The van der Waals surface area contributed by atoms with Crippen molar-refractivity contribution in [1.82, 2.24) is 0 Å². The summed E-state index contributed by atoms with van der Waals surface area (Å²) in [5.41, 5.74) is 1.00. The molecule has 0 aliphatic heterocycles. The number of para-hydroxylation sites is 10. The van der Waals surface area contributed by atoms with E-state index in [1.807, 2.05) is 0 Å². The minimum Gasteiger partial charge on any atom is -0.495 e. The third-order valence-electron chi connectivity index (χ3n) is 7.96. The molecule has 0 unspecified atom stereocenters. The number of nitrogens with zero attached hydrogens (tertiary/aromatic N) is 1. The Balaban J connectivity index is 1.14. The first-order chi connectivity index (χ1) is 27.5. The molecule has 0 aliphatic rings. The van der Waals surface area contributed by atoms with Gasteiger partial charge in [0, 0.05) is 6.07 Å². The van der Waals surface area contributed by atoms with Gasteiger partial charge in [-0.15, -0.1) is 0 Å². The van der Waals surface area contributed by atoms with Gasteiger partial charge in [-0.2, -0.15) is 0 Å². The number of nitro groups is 1. The van der Waals surface area contributed by atoms with Gasteiger partial charge in [0.15, 0.2) is 31.2 Å². The number of carbonyl (C=O) groups is 4. The predicted octanol–water partition coefficient (Wildman–Crippen LogP) is 6.45. The highest BCUT2D eigenvalue weighted by Gasteiger charge is 2.23. The van der Waals surface area contributed by atoms with E-state index in [2.05, 4.69) is 21.3 Å². The second kappa shape index (κ2) is 19.6. The summed E-state index contributed by atoms with van der Waals surface area (Å²) in [5.74, 6) is -1.09. The number of rotatable bonds is 18. The number of hydrogen-bond donors (Lipinski definition) is 4. The van der Waals surface area contributed by atoms with Crippen molar-refractivity contribution in [3.8, 4) is 28.7 Å². The van der Waals surface area contributed by atoms with Crippen LogP contribution in [0, 0.1) is 10.1 Å². The summed E-state index contributed by atoms with van der Waals surface area (Å²) < 4.78 is 28.2. The van der Waals surface area contributed by atoms with Crippen LogP contribution < -0.4 is 45.0 Å². The van der Waals surface area contributed by atoms with Gasteiger partial charge in [-0.1, -0.05) is 60.7 Å². The summed E-state index contributed by atoms with van der Waals surface area (Å²) in [4.78, 5) is 62.5. The molecular formula is C41H39N5O11. The van der Waals surface area contributed by atoms with Crippen LogP contribution in [0.15, 0.2) is 121 Å². The Labute approximate surface area is 327 Å². The first-order valence-corrected chi connectivity index (χ1v) is 17.5. The monoisotopic (exact) mass is 777 g/mol. The summed E-state index contributed by atoms with van der Waals surface area (Å²) in [6.45, 7) is 2.16. The van der Waals surface area contributed by atoms with Crippen molar-refractivity contribution in [2.75, 3.05) is 41.6 Å². The number of methoxy groups -OCH3 is 1. The molecule has 16 nitrogen and oxygen atoms in total. The summed E-state index contributed by atoms with van der Waals surface area (Å²) in [6, 6.07) is 32.2. The van der Waals surface area contributed by atoms with E-state index in [0.29, 0.717) is 17.1 Å². The van der Waals surface area contributed by atoms with E-state index in [4.69, 9.17) is 23.7 Å². The lowest BCUT2D eigenvalue weighted by Crippen LogP contribution is -2.31. The number of hydrogen-bond acceptors (Lipinski definition) is 11. The minimum atomic E-state index is -1.12. The summed E-state index contributed by atoms with van der Waals surface area (Å²) in [7, 11) is 1.50. The van der Waals surface area contributed by atoms with Crippen LogP contribution in [0.25, 0.3) is 0 Å². The van der Waals surface area contributed by atoms with Gasteiger partial charge in [0.05, 0.1) is 34.8 Å². The van der Waals surface area contributed by atoms with Gasteiger partial charge >= 0.3 is 5.69 Å². The third kappa shape index (κ3) is 11.4. The highest BCUT2D eigenvalue weighted by atomic mass is 16.6. The Morgan fingerprint density at radius 3 is 1.33 bits per heavy atom. The van der Waals surface area contributed by atoms with Gasteiger partial charge in [-0.05, 0) is 68.4 Å². The average Bonchev–Trinajstić information content (AvgIpc) is 3.21. The van der Waals surface area contributed by atoms with Crippen molar-refractivity contribution in [1.29, 1.82) is 0 Å². The lowest BCUT2D eigenvalue weighted by molar-refractivity contribution is -0.386. The molecular weight excluding hydrogens is 738 g/mol. The number of nitrogens with one attached hydrogen (secondary N) is 4. The highest BCUT2D eigenvalue weighted by molar-refractivity contribution is 5.98. The number of benzene rings is 5. The van der Waals surface area contributed by atoms with E-state index in [0.717, 1.165) is 0 Å². The number of nitro benzene ring substituents is 1. The fourth-order valence-corrected chi connectivity index (χ4v) is 5.14. The standard InChI is InChI=1S/C41H39N5O11/c1-26(40(49)44-29-15-5-10-20-34(29)54-24-38(47)42-28-14-4-9-19-33(28)53-3)56-36-22-12-7-17-31(36)43-39(48)25-55-35-21-11-6-16-30(35)45-41(50)27(2)57-37-23-13-8-18-32(37)46(51)52/h4-23,26-27H,24-25H2,1-3H3,(H,42,47)(H,43,48)(H,44,49)(H,45,50)/t26-,27+/m1/s1. The molecule has 294 valence electrons. The molecule has 4 amide bonds. The molecule has 0 heterocycles. The highest BCUT2D eigenvalue weighted by Crippen LogP contribution is 2.30. The molecule has 57 heavy (non-hydrogen) atoms. The number of carbonyl (C=O) groups excluding carboxylic acids is 4. The molecule has 0 radical (unpaired) electrons. The molecule has 0 fully saturated rings. The molecule has 0 aliphatic carbocycles. The molecule has 5 rings (SSSR count). The van der Waals surface area contributed by atoms with Crippen LogP contribution in [0.4, 0.5) is 28.4 Å². The SMILES string of the molecule is COc1ccccc1NC(=O)COc1ccccc1NC(=O)[C@@H](C)Oc1ccccc1NC(=O)COc1ccccc1NC(=O)[C@H](C)Oc1ccccc1[N+](=O)[O-]. The topological polar surface area (TPSA) is 206 Å². The van der Waals surface area contributed by atoms with Gasteiger partial charge in [0.1, 0.15) is 23.0 Å². The molecule has 2 atom stereocenters. The maximum absolute atomic E-state index is 13.2. The molecule has 0 saturated carbocycles. The maximum atomic E-state index is 13.2. The summed E-state index contributed by atoms with van der Waals surface area (Å²) in [5, 5.41) is 22.2. The Morgan fingerprint density at radius 2 is 0.877 bits per heavy atom. The lowest BCUT2D eigenvalue weighted by atomic mass is 10.2. The molecule has 0 bridgehead atoms. The lowest BCUT2D eigenvalue weighted by Gasteiger charge is -2.19. The Morgan fingerprint density at radius 1 is 0.526 bits per heavy atom. The second-order valence-electron chi connectivity index (χ2n) is 12.1. The zero-order valence-corrected chi connectivity index (χ0v) is 31.1. The summed E-state index contributed by atoms with van der Waals surface area (Å²) >= 11 is 0. The smallest absolute Gasteiger partial charge is 0.310 e. The fraction of sp³-hybridized carbons (Fsp3) is 0.171. The largest absolute Gasteiger partial charge is 0.495 e. The number of ether oxygens (including phenoxy) is 5. The van der Waals surface area contributed by atoms with Crippen LogP contribution in [-0.2, 0) is 19.2 Å². The van der Waals surface area contributed by atoms with Gasteiger partial charge in [0.2, 0.25) is 0 Å². The van der Waals surface area contributed by atoms with E-state index in [9.17, 15) is 29.3 Å². The first-order valence-electron chi connectivity index (χ1n) is 17.5. The van der Waals surface area contributed by atoms with Gasteiger partial charge in [0.25, 0.3) is 23.6 Å². The quantitative estimate of drug-likeness (QED) is 0.0562. The molecule has 0 aromatic heterocycles. The van der Waals surface area contributed by atoms with Gasteiger partial charge in [-0.25, -0.2) is 0 Å². The first kappa shape index (κ1) is 40.6. The average molecular weight is 778 g/mol. The van der Waals surface area contributed by atoms with E-state index in [1.165, 1.54) is 39.2 Å². The van der Waals surface area contributed by atoms with Crippen LogP contribution >= 0.6 is 0 Å². The Bertz CT molecular complexity index is 2230. The fourth-order valence-electron chi connectivity index (χ4n) is 5.14. The van der Waals surface area contributed by atoms with E-state index >= 15 is 0 Å². The molecule has 0 spiro atoms. The zero-order valence-electron chi connectivity index (χ0n) is 31.1. The van der Waals surface area contributed by atoms with Gasteiger partial charge < -0.3 is 45.0 Å². The Kier molecular flexibility index (Phi) is 14.0. The van der Waals surface area contributed by atoms with Crippen LogP contribution in [0.3, 0.4) is 0 Å². The number of anilines is 4. The third-order valence-corrected chi connectivity index (χ3v) is 7.96. The van der Waals surface area contributed by atoms with Crippen molar-refractivity contribution in [3.63, 3.8) is 0 Å². The van der Waals surface area contributed by atoms with Gasteiger partial charge in [-0.3, -0.25) is 29.3 Å². The molecule has 0 saturated heterocycles. The van der Waals surface area contributed by atoms with Crippen molar-refractivity contribution in [2.45, 2.75) is 26.1 Å².